The molecule has 0 saturated heterocycles. The number of amides is 1. The summed E-state index contributed by atoms with van der Waals surface area (Å²) in [5.74, 6) is -1.79. The van der Waals surface area contributed by atoms with E-state index in [1.165, 1.54) is 6.20 Å². The number of thioether (sulfide) groups is 1. The smallest absolute Gasteiger partial charge is 0.266 e. The maximum atomic E-state index is 14.6. The Morgan fingerprint density at radius 3 is 2.66 bits per heavy atom. The average Bonchev–Trinajstić information content (AvgIpc) is 2.76. The fraction of sp³-hybridized carbons (Fsp3) is 0.0909. The zero-order chi connectivity index (χ0) is 22.8. The molecule has 0 aliphatic heterocycles. The van der Waals surface area contributed by atoms with E-state index in [1.54, 1.807) is 43.3 Å². The summed E-state index contributed by atoms with van der Waals surface area (Å²) in [6, 6.07) is 12.6. The molecule has 32 heavy (non-hydrogen) atoms. The Kier molecular flexibility index (Phi) is 6.20. The van der Waals surface area contributed by atoms with Crippen molar-refractivity contribution in [3.63, 3.8) is 0 Å². The number of nitrogens with one attached hydrogen (secondary N) is 1. The van der Waals surface area contributed by atoms with Gasteiger partial charge >= 0.3 is 0 Å². The third-order valence-electron chi connectivity index (χ3n) is 4.53. The van der Waals surface area contributed by atoms with Crippen LogP contribution in [0.15, 0.2) is 70.7 Å². The first kappa shape index (κ1) is 21.9. The lowest BCUT2D eigenvalue weighted by Gasteiger charge is -2.16. The Bertz CT molecular complexity index is 1380. The number of para-hydroxylation sites is 1. The highest BCUT2D eigenvalue weighted by Gasteiger charge is 2.22. The highest BCUT2D eigenvalue weighted by Crippen LogP contribution is 2.27. The van der Waals surface area contributed by atoms with Gasteiger partial charge in [0.1, 0.15) is 17.5 Å². The summed E-state index contributed by atoms with van der Waals surface area (Å²) in [6.45, 7) is 1.61. The molecule has 10 heteroatoms. The summed E-state index contributed by atoms with van der Waals surface area (Å²) < 4.78 is 29.1. The minimum Gasteiger partial charge on any atom is -0.310 e. The summed E-state index contributed by atoms with van der Waals surface area (Å²) in [6.07, 6.45) is 1.40. The van der Waals surface area contributed by atoms with Crippen molar-refractivity contribution < 1.29 is 13.6 Å². The number of fused-ring (bicyclic) bond motifs is 1. The molecule has 0 aliphatic carbocycles. The van der Waals surface area contributed by atoms with Gasteiger partial charge in [-0.3, -0.25) is 14.2 Å². The van der Waals surface area contributed by atoms with E-state index in [0.29, 0.717) is 22.4 Å². The van der Waals surface area contributed by atoms with E-state index in [9.17, 15) is 18.4 Å². The Labute approximate surface area is 190 Å². The summed E-state index contributed by atoms with van der Waals surface area (Å²) in [5, 5.41) is 2.71. The third kappa shape index (κ3) is 4.49. The van der Waals surface area contributed by atoms with E-state index in [2.05, 4.69) is 15.3 Å². The first-order valence-electron chi connectivity index (χ1n) is 9.40. The molecule has 4 aromatic rings. The number of carbonyl (C=O) groups is 1. The van der Waals surface area contributed by atoms with Crippen molar-refractivity contribution in [3.05, 3.63) is 87.8 Å². The van der Waals surface area contributed by atoms with Gasteiger partial charge in [-0.1, -0.05) is 35.5 Å². The van der Waals surface area contributed by atoms with E-state index in [0.717, 1.165) is 28.5 Å². The van der Waals surface area contributed by atoms with Crippen molar-refractivity contribution in [1.29, 1.82) is 0 Å². The second-order valence-electron chi connectivity index (χ2n) is 6.76. The van der Waals surface area contributed by atoms with Crippen molar-refractivity contribution in [3.8, 4) is 5.69 Å². The lowest BCUT2D eigenvalue weighted by atomic mass is 10.2. The lowest BCUT2D eigenvalue weighted by molar-refractivity contribution is -0.115. The topological polar surface area (TPSA) is 76.9 Å². The maximum Gasteiger partial charge on any atom is 0.266 e. The second kappa shape index (κ2) is 9.05. The number of carbonyl (C=O) groups excluding carboxylic acids is 1. The number of nitrogens with zero attached hydrogens (tertiary/aromatic N) is 3. The second-order valence-corrected chi connectivity index (χ2v) is 8.50. The van der Waals surface area contributed by atoms with Gasteiger partial charge in [-0.2, -0.15) is 0 Å². The minimum absolute atomic E-state index is 0.0888. The number of aromatic nitrogens is 3. The summed E-state index contributed by atoms with van der Waals surface area (Å²) in [4.78, 5) is 34.3. The molecule has 4 rings (SSSR count). The molecule has 1 unspecified atom stereocenters. The largest absolute Gasteiger partial charge is 0.310 e. The van der Waals surface area contributed by atoms with Gasteiger partial charge in [-0.15, -0.1) is 0 Å². The molecule has 6 nitrogen and oxygen atoms in total. The van der Waals surface area contributed by atoms with Crippen LogP contribution >= 0.6 is 23.4 Å². The number of rotatable bonds is 5. The van der Waals surface area contributed by atoms with E-state index < -0.39 is 28.4 Å². The molecule has 1 N–H and O–H groups in total. The average molecular weight is 473 g/mol. The van der Waals surface area contributed by atoms with Gasteiger partial charge in [-0.05, 0) is 43.3 Å². The zero-order valence-corrected chi connectivity index (χ0v) is 18.1. The molecule has 0 saturated carbocycles. The van der Waals surface area contributed by atoms with Gasteiger partial charge in [0.15, 0.2) is 5.16 Å². The first-order chi connectivity index (χ1) is 15.3. The molecule has 2 heterocycles. The van der Waals surface area contributed by atoms with Crippen LogP contribution in [-0.4, -0.2) is 25.7 Å². The summed E-state index contributed by atoms with van der Waals surface area (Å²) in [5.41, 5.74) is -0.301. The maximum absolute atomic E-state index is 14.6. The Hall–Kier alpha value is -3.30. The third-order valence-corrected chi connectivity index (χ3v) is 5.80. The Morgan fingerprint density at radius 1 is 1.16 bits per heavy atom. The summed E-state index contributed by atoms with van der Waals surface area (Å²) >= 11 is 6.77. The predicted octanol–water partition coefficient (Wildman–Crippen LogP) is 4.83. The normalized spacial score (nSPS) is 12.0. The van der Waals surface area contributed by atoms with Crippen LogP contribution in [0.2, 0.25) is 5.02 Å². The van der Waals surface area contributed by atoms with Gasteiger partial charge < -0.3 is 5.32 Å². The SMILES string of the molecule is CC(Sc1nc2ccccc2c(=O)n1-c1ccc(F)cc1F)C(=O)Nc1ccc(Cl)cn1. The number of benzene rings is 2. The van der Waals surface area contributed by atoms with E-state index in [4.69, 9.17) is 11.6 Å². The molecule has 2 aromatic carbocycles. The van der Waals surface area contributed by atoms with Gasteiger partial charge in [0.25, 0.3) is 5.56 Å². The molecule has 0 aliphatic rings. The standard InChI is InChI=1S/C22H15ClF2N4O2S/c1-12(20(30)28-19-9-6-13(23)11-26-19)32-22-27-17-5-3-2-4-15(17)21(31)29(22)18-8-7-14(24)10-16(18)25/h2-12H,1H3,(H,26,28,30). The van der Waals surface area contributed by atoms with Crippen LogP contribution in [0.25, 0.3) is 16.6 Å². The van der Waals surface area contributed by atoms with Gasteiger partial charge in [-0.25, -0.2) is 18.7 Å². The molecule has 0 bridgehead atoms. The van der Waals surface area contributed by atoms with Crippen LogP contribution in [0.3, 0.4) is 0 Å². The van der Waals surface area contributed by atoms with Crippen LogP contribution < -0.4 is 10.9 Å². The van der Waals surface area contributed by atoms with Crippen molar-refractivity contribution in [2.75, 3.05) is 5.32 Å². The van der Waals surface area contributed by atoms with Crippen LogP contribution in [0, 0.1) is 11.6 Å². The molecule has 0 fully saturated rings. The molecule has 1 amide bonds. The van der Waals surface area contributed by atoms with Crippen molar-refractivity contribution >= 4 is 46.0 Å². The predicted molar refractivity (Wildman–Crippen MR) is 120 cm³/mol. The quantitative estimate of drug-likeness (QED) is 0.332. The molecular formula is C22H15ClF2N4O2S. The Morgan fingerprint density at radius 2 is 1.94 bits per heavy atom. The highest BCUT2D eigenvalue weighted by atomic mass is 35.5. The number of pyridine rings is 1. The highest BCUT2D eigenvalue weighted by molar-refractivity contribution is 8.00. The zero-order valence-electron chi connectivity index (χ0n) is 16.6. The van der Waals surface area contributed by atoms with E-state index in [1.807, 2.05) is 0 Å². The van der Waals surface area contributed by atoms with Crippen LogP contribution in [0.4, 0.5) is 14.6 Å². The lowest BCUT2D eigenvalue weighted by Crippen LogP contribution is -2.27. The monoisotopic (exact) mass is 472 g/mol. The van der Waals surface area contributed by atoms with Gasteiger partial charge in [0.2, 0.25) is 5.91 Å². The number of hydrogen-bond acceptors (Lipinski definition) is 5. The van der Waals surface area contributed by atoms with Gasteiger partial charge in [0, 0.05) is 12.3 Å². The number of anilines is 1. The summed E-state index contributed by atoms with van der Waals surface area (Å²) in [7, 11) is 0. The molecular weight excluding hydrogens is 458 g/mol. The first-order valence-corrected chi connectivity index (χ1v) is 10.7. The van der Waals surface area contributed by atoms with Gasteiger partial charge in [0.05, 0.1) is 26.9 Å². The van der Waals surface area contributed by atoms with Crippen LogP contribution in [0.5, 0.6) is 0 Å². The van der Waals surface area contributed by atoms with E-state index in [-0.39, 0.29) is 16.2 Å². The van der Waals surface area contributed by atoms with Crippen LogP contribution in [-0.2, 0) is 4.79 Å². The molecule has 162 valence electrons. The number of halogens is 3. The number of hydrogen-bond donors (Lipinski definition) is 1. The molecule has 0 spiro atoms. The minimum atomic E-state index is -0.923. The fourth-order valence-electron chi connectivity index (χ4n) is 2.96. The van der Waals surface area contributed by atoms with E-state index >= 15 is 0 Å². The van der Waals surface area contributed by atoms with Crippen LogP contribution in [0.1, 0.15) is 6.92 Å². The Balaban J connectivity index is 1.74. The fourth-order valence-corrected chi connectivity index (χ4v) is 3.99. The van der Waals surface area contributed by atoms with Crippen molar-refractivity contribution in [1.82, 2.24) is 14.5 Å². The van der Waals surface area contributed by atoms with Crippen molar-refractivity contribution in [2.45, 2.75) is 17.3 Å². The van der Waals surface area contributed by atoms with Crippen molar-refractivity contribution in [2.24, 2.45) is 0 Å². The molecule has 1 atom stereocenters. The molecule has 2 aromatic heterocycles. The molecule has 0 radical (unpaired) electrons.